The molecule has 4 radical (unpaired) electrons. The predicted octanol–water partition coefficient (Wildman–Crippen LogP) is -0.488. The molecule has 0 atom stereocenters. The zero-order valence-corrected chi connectivity index (χ0v) is 3.76. The van der Waals surface area contributed by atoms with Gasteiger partial charge in [0, 0.05) is 15.9 Å². The topological polar surface area (TPSA) is 43.1 Å². The van der Waals surface area contributed by atoms with Gasteiger partial charge in [-0.25, -0.2) is 0 Å². The highest BCUT2D eigenvalue weighted by atomic mass is 28.1. The number of hydrogen-bond acceptors (Lipinski definition) is 2. The van der Waals surface area contributed by atoms with Gasteiger partial charge in [0.15, 0.2) is 7.05 Å². The van der Waals surface area contributed by atoms with E-state index in [0.717, 1.165) is 7.05 Å². The second kappa shape index (κ2) is 3.62. The molecule has 0 amide bonds. The molecule has 0 bridgehead atoms. The van der Waals surface area contributed by atoms with Crippen LogP contribution in [0.2, 0.25) is 0 Å². The van der Waals surface area contributed by atoms with Crippen LogP contribution in [-0.4, -0.2) is 22.9 Å². The molecule has 0 aromatic carbocycles. The average molecular weight is 89.1 g/mol. The maximum absolute atomic E-state index is 8.81. The van der Waals surface area contributed by atoms with Gasteiger partial charge in [-0.1, -0.05) is 0 Å². The van der Waals surface area contributed by atoms with Crippen LogP contribution < -0.4 is 0 Å². The highest BCUT2D eigenvalue weighted by Gasteiger charge is 1.57. The van der Waals surface area contributed by atoms with Crippen molar-refractivity contribution < 1.29 is 4.92 Å². The molecule has 28 valence electrons. The van der Waals surface area contributed by atoms with Crippen LogP contribution in [0.1, 0.15) is 0 Å². The van der Waals surface area contributed by atoms with Crippen LogP contribution in [0.25, 0.3) is 0 Å². The van der Waals surface area contributed by atoms with Gasteiger partial charge in [0.2, 0.25) is 0 Å². The fraction of sp³-hybridized carbons (Fsp3) is 1.00. The number of nitro groups is 1. The summed E-state index contributed by atoms with van der Waals surface area (Å²) in [6, 6.07) is 0. The van der Waals surface area contributed by atoms with Crippen molar-refractivity contribution >= 4 is 11.0 Å². The highest BCUT2D eigenvalue weighted by Crippen LogP contribution is 1.39. The lowest BCUT2D eigenvalue weighted by Gasteiger charge is -1.63. The first kappa shape index (κ1) is 8.82. The first-order valence-corrected chi connectivity index (χ1v) is 0.812. The molecule has 0 aliphatic carbocycles. The summed E-state index contributed by atoms with van der Waals surface area (Å²) in [4.78, 5) is 8.31. The summed E-state index contributed by atoms with van der Waals surface area (Å²) >= 11 is 0. The smallest absolute Gasteiger partial charge is 0.194 e. The average Bonchev–Trinajstić information content (AvgIpc) is 0.811. The summed E-state index contributed by atoms with van der Waals surface area (Å²) in [5, 5.41) is 8.81. The summed E-state index contributed by atoms with van der Waals surface area (Å²) in [7, 11) is 0.889. The molecule has 0 saturated heterocycles. The predicted molar refractivity (Wildman–Crippen MR) is 18.7 cm³/mol. The van der Waals surface area contributed by atoms with E-state index in [4.69, 9.17) is 10.1 Å². The Hall–Kier alpha value is -0.383. The second-order valence-corrected chi connectivity index (χ2v) is 0.440. The molecule has 0 unspecified atom stereocenters. The summed E-state index contributed by atoms with van der Waals surface area (Å²) < 4.78 is 0. The molecule has 0 N–H and O–H groups in total. The van der Waals surface area contributed by atoms with Gasteiger partial charge in [-0.15, -0.1) is 0 Å². The molecular formula is CH3NO2Si. The molecule has 0 aliphatic rings. The van der Waals surface area contributed by atoms with Crippen molar-refractivity contribution in [3.63, 3.8) is 0 Å². The van der Waals surface area contributed by atoms with Gasteiger partial charge in [0.05, 0.1) is 0 Å². The fourth-order valence-electron chi connectivity index (χ4n) is 0. The third kappa shape index (κ3) is 64.4. The Bertz CT molecular complexity index is 32.6. The SMILES string of the molecule is C[N+](=O)[O-].[Si]. The van der Waals surface area contributed by atoms with E-state index in [0.29, 0.717) is 0 Å². The minimum atomic E-state index is -0.500. The van der Waals surface area contributed by atoms with Gasteiger partial charge in [-0.2, -0.15) is 0 Å². The van der Waals surface area contributed by atoms with E-state index >= 15 is 0 Å². The first-order valence-electron chi connectivity index (χ1n) is 0.812. The van der Waals surface area contributed by atoms with Gasteiger partial charge in [0.1, 0.15) is 0 Å². The molecule has 0 aromatic rings. The molecule has 0 aliphatic heterocycles. The maximum atomic E-state index is 8.81. The Balaban J connectivity index is 0. The Morgan fingerprint density at radius 3 is 1.80 bits per heavy atom. The van der Waals surface area contributed by atoms with Crippen molar-refractivity contribution in [1.82, 2.24) is 0 Å². The third-order valence-corrected chi connectivity index (χ3v) is 0. The molecule has 0 aromatic heterocycles. The van der Waals surface area contributed by atoms with Gasteiger partial charge in [-0.3, -0.25) is 10.1 Å². The molecule has 5 heavy (non-hydrogen) atoms. The minimum absolute atomic E-state index is 0. The lowest BCUT2D eigenvalue weighted by molar-refractivity contribution is -0.445. The Morgan fingerprint density at radius 1 is 1.80 bits per heavy atom. The highest BCUT2D eigenvalue weighted by molar-refractivity contribution is 5.75. The number of hydrogen-bond donors (Lipinski definition) is 0. The lowest BCUT2D eigenvalue weighted by Crippen LogP contribution is -1.79. The van der Waals surface area contributed by atoms with E-state index in [2.05, 4.69) is 0 Å². The maximum Gasteiger partial charge on any atom is 0.194 e. The van der Waals surface area contributed by atoms with Crippen molar-refractivity contribution in [3.8, 4) is 0 Å². The molecule has 0 fully saturated rings. The van der Waals surface area contributed by atoms with Crippen molar-refractivity contribution in [3.05, 3.63) is 10.1 Å². The Kier molecular flexibility index (Phi) is 6.38. The first-order chi connectivity index (χ1) is 1.73. The molecule has 0 saturated carbocycles. The van der Waals surface area contributed by atoms with Gasteiger partial charge < -0.3 is 0 Å². The van der Waals surface area contributed by atoms with E-state index in [1.54, 1.807) is 0 Å². The van der Waals surface area contributed by atoms with Crippen LogP contribution >= 0.6 is 0 Å². The van der Waals surface area contributed by atoms with Crippen LogP contribution in [0.5, 0.6) is 0 Å². The molecule has 0 heterocycles. The zero-order chi connectivity index (χ0) is 3.58. The number of rotatable bonds is 0. The summed E-state index contributed by atoms with van der Waals surface area (Å²) in [6.45, 7) is 0. The Labute approximate surface area is 34.2 Å². The van der Waals surface area contributed by atoms with E-state index in [1.165, 1.54) is 0 Å². The summed E-state index contributed by atoms with van der Waals surface area (Å²) in [6.07, 6.45) is 0. The van der Waals surface area contributed by atoms with Crippen LogP contribution in [0, 0.1) is 10.1 Å². The van der Waals surface area contributed by atoms with Crippen LogP contribution in [0.4, 0.5) is 0 Å². The second-order valence-electron chi connectivity index (χ2n) is 0.440. The van der Waals surface area contributed by atoms with E-state index < -0.39 is 4.92 Å². The fourth-order valence-corrected chi connectivity index (χ4v) is 0. The molecule has 3 nitrogen and oxygen atoms in total. The van der Waals surface area contributed by atoms with Crippen molar-refractivity contribution in [2.24, 2.45) is 0 Å². The van der Waals surface area contributed by atoms with Gasteiger partial charge in [-0.05, 0) is 0 Å². The standard InChI is InChI=1S/CH3NO2.Si/c1-2(3)4;/h1H3;. The van der Waals surface area contributed by atoms with E-state index in [1.807, 2.05) is 0 Å². The van der Waals surface area contributed by atoms with Crippen LogP contribution in [0.3, 0.4) is 0 Å². The zero-order valence-electron chi connectivity index (χ0n) is 2.76. The monoisotopic (exact) mass is 89.0 g/mol. The summed E-state index contributed by atoms with van der Waals surface area (Å²) in [5.41, 5.74) is 0. The van der Waals surface area contributed by atoms with Crippen molar-refractivity contribution in [2.75, 3.05) is 7.05 Å². The van der Waals surface area contributed by atoms with E-state index in [-0.39, 0.29) is 11.0 Å². The Morgan fingerprint density at radius 2 is 1.80 bits per heavy atom. The van der Waals surface area contributed by atoms with E-state index in [9.17, 15) is 0 Å². The molecular weight excluding hydrogens is 86.1 g/mol. The third-order valence-electron chi connectivity index (χ3n) is 0. The lowest BCUT2D eigenvalue weighted by atomic mass is 11.5. The number of nitrogens with zero attached hydrogens (tertiary/aromatic N) is 1. The van der Waals surface area contributed by atoms with Crippen LogP contribution in [-0.2, 0) is 0 Å². The largest absolute Gasteiger partial charge is 0.265 e. The molecule has 4 heteroatoms. The van der Waals surface area contributed by atoms with Crippen molar-refractivity contribution in [1.29, 1.82) is 0 Å². The molecule has 0 rings (SSSR count). The van der Waals surface area contributed by atoms with Crippen LogP contribution in [0.15, 0.2) is 0 Å². The normalized spacial score (nSPS) is 5.00. The quantitative estimate of drug-likeness (QED) is 0.228. The van der Waals surface area contributed by atoms with Crippen molar-refractivity contribution in [2.45, 2.75) is 0 Å². The summed E-state index contributed by atoms with van der Waals surface area (Å²) in [5.74, 6) is 0. The minimum Gasteiger partial charge on any atom is -0.265 e. The van der Waals surface area contributed by atoms with Gasteiger partial charge >= 0.3 is 0 Å². The van der Waals surface area contributed by atoms with Gasteiger partial charge in [0.25, 0.3) is 0 Å². The molecule has 0 spiro atoms.